The van der Waals surface area contributed by atoms with E-state index in [-0.39, 0.29) is 37.5 Å². The van der Waals surface area contributed by atoms with Crippen molar-refractivity contribution in [3.05, 3.63) is 36.3 Å². The molecule has 0 bridgehead atoms. The van der Waals surface area contributed by atoms with Gasteiger partial charge in [-0.25, -0.2) is 0 Å². The van der Waals surface area contributed by atoms with Gasteiger partial charge in [-0.2, -0.15) is 0 Å². The van der Waals surface area contributed by atoms with Crippen molar-refractivity contribution in [1.82, 2.24) is 10.2 Å². The van der Waals surface area contributed by atoms with Crippen LogP contribution in [0.15, 0.2) is 29.2 Å². The molecule has 0 amide bonds. The minimum atomic E-state index is -0.0393. The molecule has 6 heteroatoms. The minimum Gasteiger partial charge on any atom is -0.462 e. The first-order chi connectivity index (χ1) is 8.35. The second-order valence-electron chi connectivity index (χ2n) is 4.29. The summed E-state index contributed by atoms with van der Waals surface area (Å²) in [5.41, 5.74) is 0. The van der Waals surface area contributed by atoms with Crippen molar-refractivity contribution in [1.29, 1.82) is 0 Å². The Bertz CT molecular complexity index is 365. The molecule has 1 atom stereocenters. The average Bonchev–Trinajstić information content (AvgIpc) is 2.85. The molecule has 2 N–H and O–H groups in total. The molecule has 0 aromatic carbocycles. The highest BCUT2D eigenvalue weighted by Crippen LogP contribution is 2.26. The van der Waals surface area contributed by atoms with E-state index in [1.165, 1.54) is 0 Å². The maximum Gasteiger partial charge on any atom is 0.129 e. The smallest absolute Gasteiger partial charge is 0.129 e. The third-order valence-electron chi connectivity index (χ3n) is 3.15. The molecule has 1 aliphatic rings. The first-order valence-corrected chi connectivity index (χ1v) is 6.10. The minimum absolute atomic E-state index is 0. The molecule has 0 unspecified atom stereocenters. The Morgan fingerprint density at radius 1 is 1.37 bits per heavy atom. The Balaban J connectivity index is 0.00000162. The Hall–Kier alpha value is -0.520. The van der Waals surface area contributed by atoms with Gasteiger partial charge in [0.2, 0.25) is 0 Å². The normalized spacial score (nSPS) is 17.1. The zero-order chi connectivity index (χ0) is 12.1. The van der Waals surface area contributed by atoms with E-state index < -0.39 is 0 Å². The van der Waals surface area contributed by atoms with E-state index >= 15 is 0 Å². The third kappa shape index (κ3) is 4.82. The third-order valence-corrected chi connectivity index (χ3v) is 3.15. The summed E-state index contributed by atoms with van der Waals surface area (Å²) < 4.78 is 5.64. The number of nitrogens with zero attached hydrogens (tertiary/aromatic N) is 1. The number of hydrogen-bond donors (Lipinski definition) is 2. The Morgan fingerprint density at radius 2 is 2.05 bits per heavy atom. The second kappa shape index (κ2) is 9.39. The maximum absolute atomic E-state index is 9.04. The van der Waals surface area contributed by atoms with Gasteiger partial charge in [-0.15, -0.1) is 31.4 Å². The van der Waals surface area contributed by atoms with Crippen LogP contribution >= 0.6 is 24.8 Å². The molecule has 0 spiro atoms. The lowest BCUT2D eigenvalue weighted by atomic mass is 10.1. The Morgan fingerprint density at radius 3 is 2.58 bits per heavy atom. The number of nitrogens with one attached hydrogen (secondary N) is 1. The fourth-order valence-electron chi connectivity index (χ4n) is 2.26. The molecular formula is C13H22Cl2N2O2. The molecule has 19 heavy (non-hydrogen) atoms. The highest BCUT2D eigenvalue weighted by molar-refractivity contribution is 5.85. The SMILES string of the molecule is C=CC[C@@H](c1ccc(CO)o1)N1CCNCC1.Cl.Cl. The van der Waals surface area contributed by atoms with Gasteiger partial charge in [0.15, 0.2) is 0 Å². The number of rotatable bonds is 5. The summed E-state index contributed by atoms with van der Waals surface area (Å²) in [4.78, 5) is 2.40. The van der Waals surface area contributed by atoms with Gasteiger partial charge in [-0.05, 0) is 18.6 Å². The van der Waals surface area contributed by atoms with E-state index in [0.717, 1.165) is 38.4 Å². The fourth-order valence-corrected chi connectivity index (χ4v) is 2.26. The number of aliphatic hydroxyl groups excluding tert-OH is 1. The van der Waals surface area contributed by atoms with Gasteiger partial charge >= 0.3 is 0 Å². The van der Waals surface area contributed by atoms with Crippen LogP contribution in [0.4, 0.5) is 0 Å². The first kappa shape index (κ1) is 18.5. The molecule has 1 aromatic rings. The van der Waals surface area contributed by atoms with Crippen LogP contribution in [-0.2, 0) is 6.61 Å². The highest BCUT2D eigenvalue weighted by atomic mass is 35.5. The molecule has 110 valence electrons. The van der Waals surface area contributed by atoms with Crippen molar-refractivity contribution >= 4 is 24.8 Å². The molecule has 1 aliphatic heterocycles. The van der Waals surface area contributed by atoms with Crippen LogP contribution in [0.2, 0.25) is 0 Å². The zero-order valence-electron chi connectivity index (χ0n) is 10.9. The summed E-state index contributed by atoms with van der Waals surface area (Å²) in [6.45, 7) is 7.85. The quantitative estimate of drug-likeness (QED) is 0.818. The largest absolute Gasteiger partial charge is 0.462 e. The average molecular weight is 309 g/mol. The van der Waals surface area contributed by atoms with Gasteiger partial charge in [-0.3, -0.25) is 4.90 Å². The summed E-state index contributed by atoms with van der Waals surface area (Å²) in [6, 6.07) is 4.05. The van der Waals surface area contributed by atoms with Crippen LogP contribution in [-0.4, -0.2) is 36.2 Å². The van der Waals surface area contributed by atoms with Gasteiger partial charge in [0, 0.05) is 26.2 Å². The number of furan rings is 1. The van der Waals surface area contributed by atoms with Gasteiger partial charge in [0.1, 0.15) is 18.1 Å². The number of aliphatic hydroxyl groups is 1. The predicted octanol–water partition coefficient (Wildman–Crippen LogP) is 2.14. The van der Waals surface area contributed by atoms with Crippen molar-refractivity contribution in [2.75, 3.05) is 26.2 Å². The molecule has 1 fully saturated rings. The molecule has 2 heterocycles. The number of hydrogen-bond acceptors (Lipinski definition) is 4. The van der Waals surface area contributed by atoms with Crippen LogP contribution < -0.4 is 5.32 Å². The topological polar surface area (TPSA) is 48.6 Å². The molecule has 0 aliphatic carbocycles. The molecule has 1 saturated heterocycles. The van der Waals surface area contributed by atoms with E-state index in [1.54, 1.807) is 0 Å². The lowest BCUT2D eigenvalue weighted by molar-refractivity contribution is 0.150. The van der Waals surface area contributed by atoms with Crippen LogP contribution in [0.5, 0.6) is 0 Å². The van der Waals surface area contributed by atoms with Crippen LogP contribution in [0.25, 0.3) is 0 Å². The molecule has 4 nitrogen and oxygen atoms in total. The van der Waals surface area contributed by atoms with Crippen molar-refractivity contribution < 1.29 is 9.52 Å². The van der Waals surface area contributed by atoms with E-state index in [2.05, 4.69) is 16.8 Å². The van der Waals surface area contributed by atoms with Crippen LogP contribution in [0.3, 0.4) is 0 Å². The van der Waals surface area contributed by atoms with Crippen LogP contribution in [0.1, 0.15) is 24.0 Å². The lowest BCUT2D eigenvalue weighted by Gasteiger charge is -2.33. The highest BCUT2D eigenvalue weighted by Gasteiger charge is 2.23. The molecular weight excluding hydrogens is 287 g/mol. The molecule has 1 aromatic heterocycles. The summed E-state index contributed by atoms with van der Waals surface area (Å²) >= 11 is 0. The fraction of sp³-hybridized carbons (Fsp3) is 0.538. The van der Waals surface area contributed by atoms with Crippen molar-refractivity contribution in [2.45, 2.75) is 19.1 Å². The van der Waals surface area contributed by atoms with Gasteiger partial charge in [0.05, 0.1) is 6.04 Å². The van der Waals surface area contributed by atoms with Crippen molar-refractivity contribution in [3.8, 4) is 0 Å². The lowest BCUT2D eigenvalue weighted by Crippen LogP contribution is -2.45. The van der Waals surface area contributed by atoms with Gasteiger partial charge in [0.25, 0.3) is 0 Å². The summed E-state index contributed by atoms with van der Waals surface area (Å²) in [5, 5.41) is 12.4. The monoisotopic (exact) mass is 308 g/mol. The summed E-state index contributed by atoms with van der Waals surface area (Å²) in [5.74, 6) is 1.56. The van der Waals surface area contributed by atoms with E-state index in [1.807, 2.05) is 18.2 Å². The number of piperazine rings is 1. The molecule has 0 radical (unpaired) electrons. The Labute approximate surface area is 126 Å². The van der Waals surface area contributed by atoms with E-state index in [4.69, 9.17) is 9.52 Å². The second-order valence-corrected chi connectivity index (χ2v) is 4.29. The zero-order valence-corrected chi connectivity index (χ0v) is 12.5. The van der Waals surface area contributed by atoms with Crippen molar-refractivity contribution in [2.24, 2.45) is 0 Å². The summed E-state index contributed by atoms with van der Waals surface area (Å²) in [7, 11) is 0. The Kier molecular flexibility index (Phi) is 9.14. The van der Waals surface area contributed by atoms with Gasteiger partial charge < -0.3 is 14.8 Å². The van der Waals surface area contributed by atoms with E-state index in [9.17, 15) is 0 Å². The summed E-state index contributed by atoms with van der Waals surface area (Å²) in [6.07, 6.45) is 2.80. The number of halogens is 2. The van der Waals surface area contributed by atoms with Gasteiger partial charge in [-0.1, -0.05) is 6.08 Å². The van der Waals surface area contributed by atoms with Crippen LogP contribution in [0, 0.1) is 0 Å². The predicted molar refractivity (Wildman–Crippen MR) is 81.1 cm³/mol. The van der Waals surface area contributed by atoms with Crippen molar-refractivity contribution in [3.63, 3.8) is 0 Å². The first-order valence-electron chi connectivity index (χ1n) is 6.10. The van der Waals surface area contributed by atoms with E-state index in [0.29, 0.717) is 5.76 Å². The standard InChI is InChI=1S/C13H20N2O2.2ClH/c1-2-3-12(15-8-6-14-7-9-15)13-5-4-11(10-16)17-13;;/h2,4-5,12,14,16H,1,3,6-10H2;2*1H/t12-;;/m0../s1. The molecule has 2 rings (SSSR count). The maximum atomic E-state index is 9.04. The molecule has 0 saturated carbocycles.